The molecule has 0 bridgehead atoms. The molecule has 254 valence electrons. The monoisotopic (exact) mass is 706 g/mol. The summed E-state index contributed by atoms with van der Waals surface area (Å²) < 4.78 is 160. The van der Waals surface area contributed by atoms with Crippen molar-refractivity contribution < 1.29 is 27.7 Å². The van der Waals surface area contributed by atoms with E-state index in [9.17, 15) is 11.0 Å². The van der Waals surface area contributed by atoms with E-state index in [1.165, 1.54) is 0 Å². The molecule has 1 aromatic heterocycles. The highest BCUT2D eigenvalue weighted by Crippen LogP contribution is 2.46. The molecular weight excluding hydrogens is 655 g/mol. The van der Waals surface area contributed by atoms with E-state index in [1.54, 1.807) is 60.7 Å². The van der Waals surface area contributed by atoms with Crippen molar-refractivity contribution in [3.05, 3.63) is 212 Å². The summed E-state index contributed by atoms with van der Waals surface area (Å²) in [6, 6.07) is 19.3. The van der Waals surface area contributed by atoms with Gasteiger partial charge >= 0.3 is 0 Å². The number of nitrogens with zero attached hydrogens (tertiary/aromatic N) is 1. The summed E-state index contributed by atoms with van der Waals surface area (Å²) in [6.45, 7) is 0. The van der Waals surface area contributed by atoms with Crippen LogP contribution in [-0.2, 0) is 0 Å². The lowest BCUT2D eigenvalue weighted by molar-refractivity contribution is 0.673. The minimum Gasteiger partial charge on any atom is -0.455 e. The lowest BCUT2D eigenvalue weighted by atomic mass is 9.96. The predicted molar refractivity (Wildman–Crippen MR) is 228 cm³/mol. The molecular formula is C52H35NO. The summed E-state index contributed by atoms with van der Waals surface area (Å²) in [5, 5.41) is 3.22. The zero-order valence-corrected chi connectivity index (χ0v) is 28.2. The number of benzene rings is 9. The van der Waals surface area contributed by atoms with E-state index in [1.807, 2.05) is 48.5 Å². The van der Waals surface area contributed by atoms with Gasteiger partial charge in [-0.25, -0.2) is 0 Å². The molecule has 9 aromatic carbocycles. The van der Waals surface area contributed by atoms with Gasteiger partial charge in [0.1, 0.15) is 11.2 Å². The number of rotatable bonds is 7. The summed E-state index contributed by atoms with van der Waals surface area (Å²) in [7, 11) is 0. The molecule has 0 unspecified atom stereocenters. The highest BCUT2D eigenvalue weighted by molar-refractivity contribution is 6.19. The second-order valence-electron chi connectivity index (χ2n) is 12.4. The summed E-state index contributed by atoms with van der Waals surface area (Å²) >= 11 is 0. The van der Waals surface area contributed by atoms with Gasteiger partial charge < -0.3 is 9.32 Å². The van der Waals surface area contributed by atoms with Crippen LogP contribution in [0.4, 0.5) is 17.1 Å². The van der Waals surface area contributed by atoms with Gasteiger partial charge in [0.25, 0.3) is 0 Å². The molecule has 0 atom stereocenters. The molecule has 0 radical (unpaired) electrons. The van der Waals surface area contributed by atoms with Crippen molar-refractivity contribution in [1.29, 1.82) is 0 Å². The van der Waals surface area contributed by atoms with Gasteiger partial charge in [-0.3, -0.25) is 0 Å². The van der Waals surface area contributed by atoms with Gasteiger partial charge in [-0.15, -0.1) is 0 Å². The fraction of sp³-hybridized carbons (Fsp3) is 0. The highest BCUT2D eigenvalue weighted by Gasteiger charge is 2.21. The van der Waals surface area contributed by atoms with Crippen molar-refractivity contribution in [3.8, 4) is 44.5 Å². The molecule has 0 aliphatic heterocycles. The number of furan rings is 1. The average Bonchev–Trinajstić information content (AvgIpc) is 3.77. The summed E-state index contributed by atoms with van der Waals surface area (Å²) in [5.41, 5.74) is -0.954. The molecule has 0 amide bonds. The molecule has 2 nitrogen and oxygen atoms in total. The molecule has 0 saturated carbocycles. The third-order valence-corrected chi connectivity index (χ3v) is 9.18. The van der Waals surface area contributed by atoms with Gasteiger partial charge in [-0.05, 0) is 86.7 Å². The Hall–Kier alpha value is -7.16. The van der Waals surface area contributed by atoms with Crippen LogP contribution in [0.1, 0.15) is 23.3 Å². The molecule has 0 N–H and O–H groups in total. The van der Waals surface area contributed by atoms with E-state index in [0.29, 0.717) is 33.2 Å². The van der Waals surface area contributed by atoms with Crippen molar-refractivity contribution in [2.75, 3.05) is 4.90 Å². The smallest absolute Gasteiger partial charge is 0.143 e. The van der Waals surface area contributed by atoms with Crippen LogP contribution in [0.3, 0.4) is 0 Å². The summed E-state index contributed by atoms with van der Waals surface area (Å²) in [5.74, 6) is 0. The molecule has 54 heavy (non-hydrogen) atoms. The average molecular weight is 707 g/mol. The van der Waals surface area contributed by atoms with Crippen LogP contribution >= 0.6 is 0 Å². The van der Waals surface area contributed by atoms with Crippen molar-refractivity contribution in [3.63, 3.8) is 0 Å². The van der Waals surface area contributed by atoms with E-state index in [0.717, 1.165) is 21.1 Å². The van der Waals surface area contributed by atoms with E-state index in [-0.39, 0.29) is 11.3 Å². The Balaban J connectivity index is 1.27. The second-order valence-corrected chi connectivity index (χ2v) is 12.4. The standard InChI is InChI=1S/C52H35NO/c1-3-12-36(13-4-1)38-22-24-39(25-23-38)41-28-33-44(34-29-41)53(43-31-26-40(27-32-43)37-14-5-2-6-15-37)49-20-10-9-18-46(49)47-19-11-21-50-51(47)48-35-30-42-16-7-8-17-45(42)52(48)54-50/h1-35H/i1D,3D,4D,12D,13D,22D,23D,24D,25D,26D,27D,28D,29D,31D,32D,33D,34D. The van der Waals surface area contributed by atoms with E-state index < -0.39 is 136 Å². The Bertz CT molecular complexity index is 3810. The Kier molecular flexibility index (Phi) is 4.61. The first-order valence-corrected chi connectivity index (χ1v) is 17.0. The predicted octanol–water partition coefficient (Wildman–Crippen LogP) is 14.9. The van der Waals surface area contributed by atoms with Gasteiger partial charge in [0.15, 0.2) is 0 Å². The molecule has 0 saturated heterocycles. The normalized spacial score (nSPS) is 15.7. The molecule has 10 rings (SSSR count). The molecule has 1 heterocycles. The van der Waals surface area contributed by atoms with E-state index >= 15 is 0 Å². The molecule has 2 heteroatoms. The zero-order chi connectivity index (χ0) is 50.6. The number of hydrogen-bond donors (Lipinski definition) is 0. The summed E-state index contributed by atoms with van der Waals surface area (Å²) in [6.07, 6.45) is 0. The number of fused-ring (bicyclic) bond motifs is 5. The topological polar surface area (TPSA) is 16.4 Å². The SMILES string of the molecule is [2H]c1c([2H])c([2H])c(-c2c([2H])c([2H])c(-c3c([2H])c([2H])c(N(c4ccccc4-c4cccc5oc6c7ccccc7ccc6c45)c4c([2H])c([2H])c(-c5ccccc5)c([2H])c4[2H])c([2H])c3[2H])c([2H])c2[2H])c([2H])c1[2H]. The fourth-order valence-electron chi connectivity index (χ4n) is 6.67. The lowest BCUT2D eigenvalue weighted by Crippen LogP contribution is -2.11. The van der Waals surface area contributed by atoms with E-state index in [4.69, 9.17) is 16.8 Å². The maximum Gasteiger partial charge on any atom is 0.143 e. The largest absolute Gasteiger partial charge is 0.455 e. The summed E-state index contributed by atoms with van der Waals surface area (Å²) in [4.78, 5) is 1.16. The minimum atomic E-state index is -0.882. The first kappa shape index (κ1) is 18.6. The van der Waals surface area contributed by atoms with Crippen LogP contribution < -0.4 is 4.90 Å². The highest BCUT2D eigenvalue weighted by atomic mass is 16.3. The van der Waals surface area contributed by atoms with Crippen LogP contribution in [0.15, 0.2) is 216 Å². The minimum absolute atomic E-state index is 0.0234. The maximum atomic E-state index is 9.70. The van der Waals surface area contributed by atoms with Crippen LogP contribution in [-0.4, -0.2) is 0 Å². The lowest BCUT2D eigenvalue weighted by Gasteiger charge is -2.28. The Morgan fingerprint density at radius 1 is 0.389 bits per heavy atom. The Labute approximate surface area is 338 Å². The van der Waals surface area contributed by atoms with Crippen molar-refractivity contribution in [2.24, 2.45) is 0 Å². The quantitative estimate of drug-likeness (QED) is 0.164. The zero-order valence-electron chi connectivity index (χ0n) is 45.2. The Morgan fingerprint density at radius 3 is 1.65 bits per heavy atom. The van der Waals surface area contributed by atoms with Crippen LogP contribution in [0.2, 0.25) is 0 Å². The first-order chi connectivity index (χ1) is 33.9. The second kappa shape index (κ2) is 13.4. The van der Waals surface area contributed by atoms with Gasteiger partial charge in [0.2, 0.25) is 0 Å². The van der Waals surface area contributed by atoms with Crippen molar-refractivity contribution in [1.82, 2.24) is 0 Å². The van der Waals surface area contributed by atoms with Gasteiger partial charge in [0, 0.05) is 33.1 Å². The third-order valence-electron chi connectivity index (χ3n) is 9.18. The van der Waals surface area contributed by atoms with E-state index in [2.05, 4.69) is 0 Å². The number of hydrogen-bond acceptors (Lipinski definition) is 2. The first-order valence-electron chi connectivity index (χ1n) is 25.5. The van der Waals surface area contributed by atoms with Crippen molar-refractivity contribution >= 4 is 49.8 Å². The third kappa shape index (κ3) is 5.62. The Morgan fingerprint density at radius 2 is 0.944 bits per heavy atom. The van der Waals surface area contributed by atoms with Crippen LogP contribution in [0, 0.1) is 0 Å². The maximum absolute atomic E-state index is 9.70. The molecule has 10 aromatic rings. The van der Waals surface area contributed by atoms with Crippen LogP contribution in [0.5, 0.6) is 0 Å². The van der Waals surface area contributed by atoms with Gasteiger partial charge in [-0.2, -0.15) is 0 Å². The molecule has 0 spiro atoms. The number of para-hydroxylation sites is 1. The van der Waals surface area contributed by atoms with Gasteiger partial charge in [-0.1, -0.05) is 170 Å². The molecule has 0 aliphatic rings. The van der Waals surface area contributed by atoms with Crippen LogP contribution in [0.25, 0.3) is 77.2 Å². The molecule has 0 fully saturated rings. The van der Waals surface area contributed by atoms with Gasteiger partial charge in [0.05, 0.1) is 29.0 Å². The molecule has 0 aliphatic carbocycles. The van der Waals surface area contributed by atoms with Crippen molar-refractivity contribution in [2.45, 2.75) is 0 Å². The number of anilines is 3. The fourth-order valence-corrected chi connectivity index (χ4v) is 6.67.